The molecule has 1 aliphatic carbocycles. The van der Waals surface area contributed by atoms with Crippen LogP contribution in [0.3, 0.4) is 0 Å². The third-order valence-corrected chi connectivity index (χ3v) is 3.54. The lowest BCUT2D eigenvalue weighted by Crippen LogP contribution is -2.51. The Morgan fingerprint density at radius 3 is 2.53 bits per heavy atom. The van der Waals surface area contributed by atoms with Crippen LogP contribution in [-0.4, -0.2) is 21.8 Å². The first-order valence-electron chi connectivity index (χ1n) is 5.28. The zero-order valence-corrected chi connectivity index (χ0v) is 9.50. The van der Waals surface area contributed by atoms with E-state index in [1.165, 1.54) is 0 Å². The molecule has 0 amide bonds. The summed E-state index contributed by atoms with van der Waals surface area (Å²) in [6, 6.07) is 0. The van der Waals surface area contributed by atoms with Crippen molar-refractivity contribution in [2.24, 2.45) is 11.3 Å². The molecule has 2 N–H and O–H groups in total. The fourth-order valence-electron chi connectivity index (χ4n) is 2.36. The Hall–Kier alpha value is -1.01. The van der Waals surface area contributed by atoms with Crippen LogP contribution in [0.25, 0.3) is 0 Å². The highest BCUT2D eigenvalue weighted by atomic mass is 16.4. The largest absolute Gasteiger partial charge is 0.472 e. The van der Waals surface area contributed by atoms with Gasteiger partial charge in [-0.25, -0.2) is 4.79 Å². The maximum atomic E-state index is 10.5. The predicted octanol–water partition coefficient (Wildman–Crippen LogP) is 1.65. The van der Waals surface area contributed by atoms with Crippen LogP contribution in [0.2, 0.25) is 0 Å². The summed E-state index contributed by atoms with van der Waals surface area (Å²) in [6.07, 6.45) is 2.83. The van der Waals surface area contributed by atoms with Crippen LogP contribution in [0.5, 0.6) is 0 Å². The van der Waals surface area contributed by atoms with E-state index in [1.807, 2.05) is 20.8 Å². The van der Waals surface area contributed by atoms with E-state index < -0.39 is 11.6 Å². The Morgan fingerprint density at radius 2 is 2.07 bits per heavy atom. The quantitative estimate of drug-likeness (QED) is 0.598. The lowest BCUT2D eigenvalue weighted by molar-refractivity contribution is -0.130. The van der Waals surface area contributed by atoms with E-state index in [0.717, 1.165) is 19.3 Å². The molecule has 1 saturated carbocycles. The minimum absolute atomic E-state index is 0.0214. The summed E-state index contributed by atoms with van der Waals surface area (Å²) >= 11 is 0. The van der Waals surface area contributed by atoms with Gasteiger partial charge in [0, 0.05) is 11.3 Å². The molecule has 15 heavy (non-hydrogen) atoms. The molecule has 0 unspecified atom stereocenters. The summed E-state index contributed by atoms with van der Waals surface area (Å²) < 4.78 is 0. The number of carboxylic acids is 1. The molecular weight excluding hydrogens is 192 g/mol. The van der Waals surface area contributed by atoms with E-state index in [9.17, 15) is 9.90 Å². The van der Waals surface area contributed by atoms with Gasteiger partial charge in [0.15, 0.2) is 0 Å². The van der Waals surface area contributed by atoms with Crippen LogP contribution < -0.4 is 0 Å². The average molecular weight is 210 g/mol. The van der Waals surface area contributed by atoms with Crippen LogP contribution in [0, 0.1) is 23.2 Å². The number of hydrogen-bond acceptors (Lipinski definition) is 2. The topological polar surface area (TPSA) is 57.5 Å². The molecule has 0 bridgehead atoms. The standard InChI is InChI=1S/C12H18O3/c1-9-5-4-7-11(2,3)12(9,15)8-6-10(13)14/h9,15H,4-5,7H2,1-3H3,(H,13,14)/t9-,12-/m0/s1. The maximum Gasteiger partial charge on any atom is 0.382 e. The molecule has 1 fully saturated rings. The third-order valence-electron chi connectivity index (χ3n) is 3.54. The average Bonchev–Trinajstić information content (AvgIpc) is 2.11. The molecule has 0 heterocycles. The molecule has 1 aliphatic rings. The molecular formula is C12H18O3. The fourth-order valence-corrected chi connectivity index (χ4v) is 2.36. The summed E-state index contributed by atoms with van der Waals surface area (Å²) in [5.41, 5.74) is -1.52. The molecule has 0 aromatic carbocycles. The Kier molecular flexibility index (Phi) is 3.11. The summed E-state index contributed by atoms with van der Waals surface area (Å²) in [7, 11) is 0. The summed E-state index contributed by atoms with van der Waals surface area (Å²) in [4.78, 5) is 10.4. The Bertz CT molecular complexity index is 321. The molecule has 2 atom stereocenters. The van der Waals surface area contributed by atoms with Crippen LogP contribution in [0.4, 0.5) is 0 Å². The van der Waals surface area contributed by atoms with Gasteiger partial charge < -0.3 is 10.2 Å². The number of aliphatic hydroxyl groups is 1. The number of aliphatic carboxylic acids is 1. The van der Waals surface area contributed by atoms with E-state index in [2.05, 4.69) is 11.8 Å². The van der Waals surface area contributed by atoms with E-state index >= 15 is 0 Å². The van der Waals surface area contributed by atoms with Crippen LogP contribution in [-0.2, 0) is 4.79 Å². The molecule has 0 saturated heterocycles. The van der Waals surface area contributed by atoms with Gasteiger partial charge in [-0.1, -0.05) is 33.1 Å². The van der Waals surface area contributed by atoms with Crippen LogP contribution in [0.15, 0.2) is 0 Å². The minimum atomic E-state index is -1.18. The second-order valence-electron chi connectivity index (χ2n) is 5.00. The Labute approximate surface area is 90.5 Å². The van der Waals surface area contributed by atoms with E-state index in [-0.39, 0.29) is 11.3 Å². The highest BCUT2D eigenvalue weighted by Crippen LogP contribution is 2.46. The van der Waals surface area contributed by atoms with Crippen molar-refractivity contribution >= 4 is 5.97 Å². The van der Waals surface area contributed by atoms with Gasteiger partial charge in [0.05, 0.1) is 0 Å². The molecule has 0 aromatic heterocycles. The van der Waals surface area contributed by atoms with Gasteiger partial charge in [0.25, 0.3) is 0 Å². The van der Waals surface area contributed by atoms with E-state index in [0.29, 0.717) is 0 Å². The van der Waals surface area contributed by atoms with Gasteiger partial charge in [0.2, 0.25) is 0 Å². The summed E-state index contributed by atoms with van der Waals surface area (Å²) in [5, 5.41) is 19.0. The van der Waals surface area contributed by atoms with Gasteiger partial charge in [-0.2, -0.15) is 0 Å². The van der Waals surface area contributed by atoms with Gasteiger partial charge >= 0.3 is 5.97 Å². The third kappa shape index (κ3) is 2.15. The van der Waals surface area contributed by atoms with E-state index in [1.54, 1.807) is 0 Å². The number of rotatable bonds is 0. The summed E-state index contributed by atoms with van der Waals surface area (Å²) in [6.45, 7) is 5.82. The highest BCUT2D eigenvalue weighted by Gasteiger charge is 2.48. The summed E-state index contributed by atoms with van der Waals surface area (Å²) in [5.74, 6) is 3.44. The lowest BCUT2D eigenvalue weighted by atomic mass is 9.61. The molecule has 3 nitrogen and oxygen atoms in total. The monoisotopic (exact) mass is 210 g/mol. The molecule has 0 radical (unpaired) electrons. The van der Waals surface area contributed by atoms with Gasteiger partial charge in [0.1, 0.15) is 5.60 Å². The first kappa shape index (κ1) is 12.1. The molecule has 0 aromatic rings. The van der Waals surface area contributed by atoms with Crippen molar-refractivity contribution < 1.29 is 15.0 Å². The van der Waals surface area contributed by atoms with E-state index in [4.69, 9.17) is 5.11 Å². The van der Waals surface area contributed by atoms with Gasteiger partial charge in [-0.05, 0) is 18.8 Å². The first-order chi connectivity index (χ1) is 6.79. The Morgan fingerprint density at radius 1 is 1.47 bits per heavy atom. The van der Waals surface area contributed by atoms with Crippen molar-refractivity contribution in [2.45, 2.75) is 45.6 Å². The maximum absolute atomic E-state index is 10.5. The normalized spacial score (nSPS) is 34.0. The van der Waals surface area contributed by atoms with Crippen molar-refractivity contribution in [3.05, 3.63) is 0 Å². The van der Waals surface area contributed by atoms with Crippen LogP contribution >= 0.6 is 0 Å². The fraction of sp³-hybridized carbons (Fsp3) is 0.750. The molecule has 0 aliphatic heterocycles. The first-order valence-corrected chi connectivity index (χ1v) is 5.28. The van der Waals surface area contributed by atoms with Gasteiger partial charge in [-0.3, -0.25) is 0 Å². The van der Waals surface area contributed by atoms with Crippen molar-refractivity contribution in [1.29, 1.82) is 0 Å². The smallest absolute Gasteiger partial charge is 0.382 e. The zero-order chi connectivity index (χ0) is 11.7. The molecule has 3 heteroatoms. The molecule has 0 spiro atoms. The lowest BCUT2D eigenvalue weighted by Gasteiger charge is -2.47. The van der Waals surface area contributed by atoms with Crippen LogP contribution in [0.1, 0.15) is 40.0 Å². The molecule has 84 valence electrons. The number of carbonyl (C=O) groups is 1. The van der Waals surface area contributed by atoms with Crippen molar-refractivity contribution in [3.8, 4) is 11.8 Å². The SMILES string of the molecule is C[C@H]1CCCC(C)(C)[C@]1(O)C#CC(=O)O. The number of hydrogen-bond donors (Lipinski definition) is 2. The molecule has 1 rings (SSSR count). The van der Waals surface area contributed by atoms with Gasteiger partial charge in [-0.15, -0.1) is 0 Å². The van der Waals surface area contributed by atoms with Crippen molar-refractivity contribution in [3.63, 3.8) is 0 Å². The predicted molar refractivity (Wildman–Crippen MR) is 57.2 cm³/mol. The van der Waals surface area contributed by atoms with Crippen molar-refractivity contribution in [1.82, 2.24) is 0 Å². The minimum Gasteiger partial charge on any atom is -0.472 e. The number of carboxylic acid groups (broad SMARTS) is 1. The zero-order valence-electron chi connectivity index (χ0n) is 9.50. The second-order valence-corrected chi connectivity index (χ2v) is 5.00. The second kappa shape index (κ2) is 3.86. The highest BCUT2D eigenvalue weighted by molar-refractivity contribution is 5.86. The Balaban J connectivity index is 3.05. The van der Waals surface area contributed by atoms with Crippen molar-refractivity contribution in [2.75, 3.05) is 0 Å².